The van der Waals surface area contributed by atoms with Gasteiger partial charge in [0.2, 0.25) is 11.8 Å². The summed E-state index contributed by atoms with van der Waals surface area (Å²) < 4.78 is 5.62. The van der Waals surface area contributed by atoms with E-state index < -0.39 is 0 Å². The van der Waals surface area contributed by atoms with Crippen molar-refractivity contribution in [3.63, 3.8) is 0 Å². The van der Waals surface area contributed by atoms with Crippen LogP contribution in [0.25, 0.3) is 0 Å². The second-order valence-corrected chi connectivity index (χ2v) is 6.65. The van der Waals surface area contributed by atoms with Crippen LogP contribution in [0.1, 0.15) is 45.4 Å². The van der Waals surface area contributed by atoms with Crippen LogP contribution in [0.4, 0.5) is 5.69 Å². The minimum Gasteiger partial charge on any atom is -0.492 e. The van der Waals surface area contributed by atoms with Crippen LogP contribution in [0, 0.1) is 5.92 Å². The molecular weight excluding hydrogens is 304 g/mol. The molecule has 1 unspecified atom stereocenters. The maximum Gasteiger partial charge on any atom is 0.227 e. The first kappa shape index (κ1) is 16.8. The Morgan fingerprint density at radius 2 is 2.00 bits per heavy atom. The van der Waals surface area contributed by atoms with Crippen molar-refractivity contribution >= 4 is 17.5 Å². The van der Waals surface area contributed by atoms with Crippen LogP contribution in [0.5, 0.6) is 5.75 Å². The Bertz CT molecular complexity index is 596. The fourth-order valence-corrected chi connectivity index (χ4v) is 3.64. The van der Waals surface area contributed by atoms with Gasteiger partial charge in [-0.2, -0.15) is 0 Å². The third-order valence-electron chi connectivity index (χ3n) is 4.90. The molecule has 2 fully saturated rings. The Morgan fingerprint density at radius 3 is 2.75 bits per heavy atom. The maximum absolute atomic E-state index is 12.5. The summed E-state index contributed by atoms with van der Waals surface area (Å²) in [5, 5.41) is 3.14. The minimum absolute atomic E-state index is 0.00838. The molecule has 1 atom stereocenters. The number of nitrogens with one attached hydrogen (secondary N) is 1. The zero-order chi connectivity index (χ0) is 16.9. The summed E-state index contributed by atoms with van der Waals surface area (Å²) in [6.45, 7) is 2.90. The van der Waals surface area contributed by atoms with E-state index in [9.17, 15) is 9.59 Å². The number of carbonyl (C=O) groups excluding carboxylic acids is 2. The lowest BCUT2D eigenvalue weighted by molar-refractivity contribution is -0.127. The van der Waals surface area contributed by atoms with Crippen LogP contribution < -0.4 is 15.0 Å². The van der Waals surface area contributed by atoms with Gasteiger partial charge >= 0.3 is 0 Å². The monoisotopic (exact) mass is 330 g/mol. The Kier molecular flexibility index (Phi) is 5.38. The summed E-state index contributed by atoms with van der Waals surface area (Å²) >= 11 is 0. The van der Waals surface area contributed by atoms with Gasteiger partial charge in [0.05, 0.1) is 18.2 Å². The Balaban J connectivity index is 1.66. The molecule has 2 amide bonds. The van der Waals surface area contributed by atoms with Gasteiger partial charge in [0, 0.05) is 19.0 Å². The number of ether oxygens (including phenoxy) is 1. The smallest absolute Gasteiger partial charge is 0.227 e. The second kappa shape index (κ2) is 7.69. The van der Waals surface area contributed by atoms with Gasteiger partial charge in [0.25, 0.3) is 0 Å². The number of hydrogen-bond acceptors (Lipinski definition) is 3. The molecule has 0 aromatic heterocycles. The zero-order valence-electron chi connectivity index (χ0n) is 14.3. The molecule has 1 aromatic carbocycles. The van der Waals surface area contributed by atoms with E-state index in [-0.39, 0.29) is 30.2 Å². The van der Waals surface area contributed by atoms with Crippen molar-refractivity contribution in [2.24, 2.45) is 5.92 Å². The van der Waals surface area contributed by atoms with E-state index in [0.29, 0.717) is 18.9 Å². The van der Waals surface area contributed by atoms with Crippen molar-refractivity contribution in [1.29, 1.82) is 0 Å². The number of hydrogen-bond donors (Lipinski definition) is 1. The summed E-state index contributed by atoms with van der Waals surface area (Å²) in [4.78, 5) is 26.6. The average molecular weight is 330 g/mol. The van der Waals surface area contributed by atoms with Gasteiger partial charge in [-0.15, -0.1) is 0 Å². The summed E-state index contributed by atoms with van der Waals surface area (Å²) in [7, 11) is 0. The number of amides is 2. The number of rotatable bonds is 5. The van der Waals surface area contributed by atoms with Crippen molar-refractivity contribution in [3.05, 3.63) is 24.3 Å². The van der Waals surface area contributed by atoms with Crippen LogP contribution in [0.3, 0.4) is 0 Å². The fourth-order valence-electron chi connectivity index (χ4n) is 3.64. The van der Waals surface area contributed by atoms with Crippen molar-refractivity contribution in [1.82, 2.24) is 5.32 Å². The normalized spacial score (nSPS) is 21.8. The summed E-state index contributed by atoms with van der Waals surface area (Å²) in [6.07, 6.45) is 6.02. The third-order valence-corrected chi connectivity index (χ3v) is 4.90. The van der Waals surface area contributed by atoms with Crippen molar-refractivity contribution in [2.75, 3.05) is 18.1 Å². The van der Waals surface area contributed by atoms with Gasteiger partial charge in [-0.05, 0) is 31.9 Å². The Morgan fingerprint density at radius 1 is 1.25 bits per heavy atom. The molecule has 3 rings (SSSR count). The average Bonchev–Trinajstić information content (AvgIpc) is 2.98. The highest BCUT2D eigenvalue weighted by atomic mass is 16.5. The number of benzene rings is 1. The molecule has 1 saturated carbocycles. The predicted octanol–water partition coefficient (Wildman–Crippen LogP) is 2.89. The van der Waals surface area contributed by atoms with E-state index in [0.717, 1.165) is 18.5 Å². The third kappa shape index (κ3) is 3.71. The molecule has 130 valence electrons. The Hall–Kier alpha value is -2.04. The van der Waals surface area contributed by atoms with E-state index in [4.69, 9.17) is 4.74 Å². The van der Waals surface area contributed by atoms with E-state index in [1.165, 1.54) is 19.3 Å². The van der Waals surface area contributed by atoms with Gasteiger partial charge in [0.15, 0.2) is 0 Å². The lowest BCUT2D eigenvalue weighted by Crippen LogP contribution is -2.40. The van der Waals surface area contributed by atoms with Crippen LogP contribution in [-0.4, -0.2) is 31.0 Å². The van der Waals surface area contributed by atoms with E-state index in [2.05, 4.69) is 5.32 Å². The molecule has 24 heavy (non-hydrogen) atoms. The molecule has 0 radical (unpaired) electrons. The van der Waals surface area contributed by atoms with E-state index >= 15 is 0 Å². The highest BCUT2D eigenvalue weighted by Crippen LogP contribution is 2.33. The maximum atomic E-state index is 12.5. The second-order valence-electron chi connectivity index (χ2n) is 6.65. The standard InChI is InChI=1S/C19H26N2O3/c1-2-24-17-11-7-6-10-16(17)21-13-14(12-18(21)22)19(23)20-15-8-4-3-5-9-15/h6-7,10-11,14-15H,2-5,8-9,12-13H2,1H3,(H,20,23). The van der Waals surface area contributed by atoms with Gasteiger partial charge in [-0.3, -0.25) is 9.59 Å². The molecule has 1 N–H and O–H groups in total. The van der Waals surface area contributed by atoms with Gasteiger partial charge < -0.3 is 15.0 Å². The molecule has 5 nitrogen and oxygen atoms in total. The van der Waals surface area contributed by atoms with Crippen molar-refractivity contribution in [3.8, 4) is 5.75 Å². The molecule has 0 spiro atoms. The van der Waals surface area contributed by atoms with Gasteiger partial charge in [0.1, 0.15) is 5.75 Å². The summed E-state index contributed by atoms with van der Waals surface area (Å²) in [6, 6.07) is 7.81. The molecule has 1 aliphatic carbocycles. The van der Waals surface area contributed by atoms with Crippen molar-refractivity contribution in [2.45, 2.75) is 51.5 Å². The van der Waals surface area contributed by atoms with E-state index in [1.54, 1.807) is 4.90 Å². The molecule has 1 saturated heterocycles. The van der Waals surface area contributed by atoms with Crippen molar-refractivity contribution < 1.29 is 14.3 Å². The highest BCUT2D eigenvalue weighted by molar-refractivity contribution is 6.01. The summed E-state index contributed by atoms with van der Waals surface area (Å²) in [5.41, 5.74) is 0.761. The lowest BCUT2D eigenvalue weighted by atomic mass is 9.95. The van der Waals surface area contributed by atoms with E-state index in [1.807, 2.05) is 31.2 Å². The van der Waals surface area contributed by atoms with Crippen LogP contribution in [-0.2, 0) is 9.59 Å². The first-order chi connectivity index (χ1) is 11.7. The predicted molar refractivity (Wildman–Crippen MR) is 93.1 cm³/mol. The molecule has 2 aliphatic rings. The van der Waals surface area contributed by atoms with Gasteiger partial charge in [-0.25, -0.2) is 0 Å². The number of para-hydroxylation sites is 2. The Labute approximate surface area is 143 Å². The molecule has 1 heterocycles. The molecule has 1 aromatic rings. The quantitative estimate of drug-likeness (QED) is 0.903. The van der Waals surface area contributed by atoms with Gasteiger partial charge in [-0.1, -0.05) is 31.4 Å². The number of nitrogens with zero attached hydrogens (tertiary/aromatic N) is 1. The largest absolute Gasteiger partial charge is 0.492 e. The van der Waals surface area contributed by atoms with Crippen LogP contribution in [0.2, 0.25) is 0 Å². The molecule has 1 aliphatic heterocycles. The number of anilines is 1. The van der Waals surface area contributed by atoms with Crippen LogP contribution >= 0.6 is 0 Å². The zero-order valence-corrected chi connectivity index (χ0v) is 14.3. The number of carbonyl (C=O) groups is 2. The fraction of sp³-hybridized carbons (Fsp3) is 0.579. The molecule has 0 bridgehead atoms. The highest BCUT2D eigenvalue weighted by Gasteiger charge is 2.36. The first-order valence-electron chi connectivity index (χ1n) is 9.01. The molecular formula is C19H26N2O3. The lowest BCUT2D eigenvalue weighted by Gasteiger charge is -2.24. The topological polar surface area (TPSA) is 58.6 Å². The molecule has 5 heteroatoms. The minimum atomic E-state index is -0.269. The van der Waals surface area contributed by atoms with Crippen LogP contribution in [0.15, 0.2) is 24.3 Å². The first-order valence-corrected chi connectivity index (χ1v) is 9.01. The summed E-state index contributed by atoms with van der Waals surface area (Å²) in [5.74, 6) is 0.438. The SMILES string of the molecule is CCOc1ccccc1N1CC(C(=O)NC2CCCCC2)CC1=O.